The highest BCUT2D eigenvalue weighted by molar-refractivity contribution is 6.05. The Balaban J connectivity index is 1.62. The summed E-state index contributed by atoms with van der Waals surface area (Å²) in [5, 5.41) is 0. The van der Waals surface area contributed by atoms with Gasteiger partial charge in [0.05, 0.1) is 25.6 Å². The molecule has 136 valence electrons. The van der Waals surface area contributed by atoms with Crippen molar-refractivity contribution >= 4 is 17.5 Å². The van der Waals surface area contributed by atoms with Gasteiger partial charge in [0.15, 0.2) is 0 Å². The number of nitrogens with zero attached hydrogens (tertiary/aromatic N) is 3. The van der Waals surface area contributed by atoms with Crippen LogP contribution >= 0.6 is 0 Å². The summed E-state index contributed by atoms with van der Waals surface area (Å²) < 4.78 is 5.00. The molecule has 1 unspecified atom stereocenters. The molecule has 25 heavy (non-hydrogen) atoms. The van der Waals surface area contributed by atoms with Crippen LogP contribution < -0.4 is 4.90 Å². The van der Waals surface area contributed by atoms with Crippen molar-refractivity contribution < 1.29 is 14.3 Å². The lowest BCUT2D eigenvalue weighted by Crippen LogP contribution is -2.52. The van der Waals surface area contributed by atoms with E-state index in [1.54, 1.807) is 7.11 Å². The Morgan fingerprint density at radius 3 is 2.52 bits per heavy atom. The molecule has 2 aliphatic heterocycles. The summed E-state index contributed by atoms with van der Waals surface area (Å²) in [5.74, 6) is -0.147. The molecule has 3 rings (SSSR count). The van der Waals surface area contributed by atoms with Gasteiger partial charge >= 0.3 is 0 Å². The van der Waals surface area contributed by atoms with E-state index < -0.39 is 0 Å². The molecular weight excluding hydrogens is 318 g/mol. The minimum Gasteiger partial charge on any atom is -0.383 e. The van der Waals surface area contributed by atoms with E-state index in [0.717, 1.165) is 26.2 Å². The number of piperazine rings is 1. The quantitative estimate of drug-likeness (QED) is 0.751. The number of hydrogen-bond donors (Lipinski definition) is 0. The van der Waals surface area contributed by atoms with Crippen LogP contribution in [-0.4, -0.2) is 74.1 Å². The number of ether oxygens (including phenoxy) is 1. The number of imide groups is 1. The van der Waals surface area contributed by atoms with E-state index >= 15 is 0 Å². The topological polar surface area (TPSA) is 53.1 Å². The number of benzene rings is 1. The zero-order chi connectivity index (χ0) is 18.0. The monoisotopic (exact) mass is 345 g/mol. The van der Waals surface area contributed by atoms with Crippen molar-refractivity contribution in [2.24, 2.45) is 0 Å². The minimum atomic E-state index is -0.301. The van der Waals surface area contributed by atoms with Crippen LogP contribution in [0.25, 0.3) is 0 Å². The molecule has 2 saturated heterocycles. The summed E-state index contributed by atoms with van der Waals surface area (Å²) in [4.78, 5) is 30.6. The SMILES string of the molecule is COCCN1C(=O)CC(N2CCN(c3cccc(C)c3C)CC2)C1=O. The molecule has 2 aliphatic rings. The number of rotatable bonds is 5. The van der Waals surface area contributed by atoms with E-state index in [1.165, 1.54) is 21.7 Å². The van der Waals surface area contributed by atoms with Crippen molar-refractivity contribution in [2.45, 2.75) is 26.3 Å². The fourth-order valence-corrected chi connectivity index (χ4v) is 3.72. The molecule has 1 aromatic carbocycles. The molecule has 0 saturated carbocycles. The van der Waals surface area contributed by atoms with Gasteiger partial charge in [0.25, 0.3) is 0 Å². The number of hydrogen-bond acceptors (Lipinski definition) is 5. The molecule has 0 aliphatic carbocycles. The molecule has 2 fully saturated rings. The Labute approximate surface area is 149 Å². The van der Waals surface area contributed by atoms with E-state index in [0.29, 0.717) is 19.6 Å². The summed E-state index contributed by atoms with van der Waals surface area (Å²) in [6.07, 6.45) is 0.298. The van der Waals surface area contributed by atoms with Crippen molar-refractivity contribution in [3.8, 4) is 0 Å². The Hall–Kier alpha value is -1.92. The second kappa shape index (κ2) is 7.54. The van der Waals surface area contributed by atoms with E-state index in [2.05, 4.69) is 41.8 Å². The first-order chi connectivity index (χ1) is 12.0. The fraction of sp³-hybridized carbons (Fsp3) is 0.579. The van der Waals surface area contributed by atoms with Crippen molar-refractivity contribution in [3.05, 3.63) is 29.3 Å². The van der Waals surface area contributed by atoms with Gasteiger partial charge in [-0.25, -0.2) is 0 Å². The maximum absolute atomic E-state index is 12.6. The zero-order valence-corrected chi connectivity index (χ0v) is 15.3. The number of anilines is 1. The van der Waals surface area contributed by atoms with Crippen LogP contribution in [0, 0.1) is 13.8 Å². The van der Waals surface area contributed by atoms with Crippen molar-refractivity contribution in [2.75, 3.05) is 51.3 Å². The number of methoxy groups -OCH3 is 1. The van der Waals surface area contributed by atoms with Gasteiger partial charge in [0, 0.05) is 39.0 Å². The standard InChI is InChI=1S/C19H27N3O3/c1-14-5-4-6-16(15(14)2)20-7-9-21(10-8-20)17-13-18(23)22(19(17)24)11-12-25-3/h4-6,17H,7-13H2,1-3H3. The number of carbonyl (C=O) groups is 2. The van der Waals surface area contributed by atoms with Gasteiger partial charge in [-0.1, -0.05) is 12.1 Å². The molecule has 6 nitrogen and oxygen atoms in total. The second-order valence-electron chi connectivity index (χ2n) is 6.84. The molecular formula is C19H27N3O3. The number of amides is 2. The maximum atomic E-state index is 12.6. The molecule has 0 N–H and O–H groups in total. The van der Waals surface area contributed by atoms with Gasteiger partial charge in [-0.15, -0.1) is 0 Å². The summed E-state index contributed by atoms with van der Waals surface area (Å²) in [7, 11) is 1.58. The Morgan fingerprint density at radius 1 is 1.12 bits per heavy atom. The van der Waals surface area contributed by atoms with E-state index in [1.807, 2.05) is 0 Å². The van der Waals surface area contributed by atoms with Crippen LogP contribution in [0.1, 0.15) is 17.5 Å². The van der Waals surface area contributed by atoms with E-state index in [4.69, 9.17) is 4.74 Å². The molecule has 1 atom stereocenters. The lowest BCUT2D eigenvalue weighted by molar-refractivity contribution is -0.140. The van der Waals surface area contributed by atoms with Crippen molar-refractivity contribution in [1.82, 2.24) is 9.80 Å². The van der Waals surface area contributed by atoms with Crippen LogP contribution in [-0.2, 0) is 14.3 Å². The van der Waals surface area contributed by atoms with Gasteiger partial charge in [-0.05, 0) is 31.0 Å². The lowest BCUT2D eigenvalue weighted by Gasteiger charge is -2.38. The number of aryl methyl sites for hydroxylation is 1. The summed E-state index contributed by atoms with van der Waals surface area (Å²) in [6.45, 7) is 8.39. The normalized spacial score (nSPS) is 22.1. The third-order valence-electron chi connectivity index (χ3n) is 5.41. The first-order valence-corrected chi connectivity index (χ1v) is 8.91. The molecule has 0 bridgehead atoms. The predicted octanol–water partition coefficient (Wildman–Crippen LogP) is 1.20. The predicted molar refractivity (Wildman–Crippen MR) is 96.7 cm³/mol. The Morgan fingerprint density at radius 2 is 1.84 bits per heavy atom. The molecule has 2 amide bonds. The summed E-state index contributed by atoms with van der Waals surface area (Å²) in [6, 6.07) is 6.09. The summed E-state index contributed by atoms with van der Waals surface area (Å²) >= 11 is 0. The second-order valence-corrected chi connectivity index (χ2v) is 6.84. The van der Waals surface area contributed by atoms with Crippen LogP contribution in [0.4, 0.5) is 5.69 Å². The molecule has 0 aromatic heterocycles. The molecule has 0 radical (unpaired) electrons. The van der Waals surface area contributed by atoms with Gasteiger partial charge in [-0.2, -0.15) is 0 Å². The highest BCUT2D eigenvalue weighted by Gasteiger charge is 2.42. The van der Waals surface area contributed by atoms with Crippen molar-refractivity contribution in [3.63, 3.8) is 0 Å². The minimum absolute atomic E-state index is 0.0674. The van der Waals surface area contributed by atoms with Crippen LogP contribution in [0.3, 0.4) is 0 Å². The van der Waals surface area contributed by atoms with Gasteiger partial charge < -0.3 is 9.64 Å². The average molecular weight is 345 g/mol. The Kier molecular flexibility index (Phi) is 5.39. The molecule has 0 spiro atoms. The first-order valence-electron chi connectivity index (χ1n) is 8.91. The number of likely N-dealkylation sites (tertiary alicyclic amines) is 1. The smallest absolute Gasteiger partial charge is 0.247 e. The summed E-state index contributed by atoms with van der Waals surface area (Å²) in [5.41, 5.74) is 3.88. The Bertz CT molecular complexity index is 653. The van der Waals surface area contributed by atoms with Gasteiger partial charge in [-0.3, -0.25) is 19.4 Å². The zero-order valence-electron chi connectivity index (χ0n) is 15.3. The highest BCUT2D eigenvalue weighted by atomic mass is 16.5. The molecule has 2 heterocycles. The third-order valence-corrected chi connectivity index (χ3v) is 5.41. The van der Waals surface area contributed by atoms with Crippen LogP contribution in [0.15, 0.2) is 18.2 Å². The fourth-order valence-electron chi connectivity index (χ4n) is 3.72. The van der Waals surface area contributed by atoms with Gasteiger partial charge in [0.1, 0.15) is 0 Å². The lowest BCUT2D eigenvalue weighted by atomic mass is 10.1. The van der Waals surface area contributed by atoms with E-state index in [-0.39, 0.29) is 17.9 Å². The average Bonchev–Trinajstić information content (AvgIpc) is 2.90. The van der Waals surface area contributed by atoms with Gasteiger partial charge in [0.2, 0.25) is 11.8 Å². The molecule has 1 aromatic rings. The van der Waals surface area contributed by atoms with E-state index in [9.17, 15) is 9.59 Å². The first kappa shape index (κ1) is 17.9. The molecule has 6 heteroatoms. The number of carbonyl (C=O) groups excluding carboxylic acids is 2. The van der Waals surface area contributed by atoms with Crippen LogP contribution in [0.2, 0.25) is 0 Å². The third kappa shape index (κ3) is 3.55. The maximum Gasteiger partial charge on any atom is 0.247 e. The van der Waals surface area contributed by atoms with Crippen molar-refractivity contribution in [1.29, 1.82) is 0 Å². The van der Waals surface area contributed by atoms with Crippen LogP contribution in [0.5, 0.6) is 0 Å². The highest BCUT2D eigenvalue weighted by Crippen LogP contribution is 2.26. The largest absolute Gasteiger partial charge is 0.383 e.